The third-order valence-electron chi connectivity index (χ3n) is 4.60. The number of ether oxygens (including phenoxy) is 2. The van der Waals surface area contributed by atoms with Gasteiger partial charge in [-0.05, 0) is 48.5 Å². The number of halogens is 2. The Morgan fingerprint density at radius 1 is 0.966 bits per heavy atom. The lowest BCUT2D eigenvalue weighted by molar-refractivity contribution is 0.0705. The summed E-state index contributed by atoms with van der Waals surface area (Å²) in [6.07, 6.45) is -0.590. The first-order chi connectivity index (χ1) is 13.9. The van der Waals surface area contributed by atoms with Crippen molar-refractivity contribution in [2.45, 2.75) is 33.0 Å². The van der Waals surface area contributed by atoms with Crippen LogP contribution in [-0.2, 0) is 13.1 Å². The molecule has 0 aliphatic rings. The van der Waals surface area contributed by atoms with Crippen molar-refractivity contribution < 1.29 is 23.4 Å². The van der Waals surface area contributed by atoms with Crippen molar-refractivity contribution in [2.75, 3.05) is 33.4 Å². The Bertz CT molecular complexity index is 749. The fraction of sp³-hybridized carbons (Fsp3) is 0.455. The molecule has 0 amide bonds. The summed E-state index contributed by atoms with van der Waals surface area (Å²) in [5, 5.41) is 13.3. The zero-order valence-electron chi connectivity index (χ0n) is 17.3. The van der Waals surface area contributed by atoms with Crippen LogP contribution in [0.1, 0.15) is 25.0 Å². The van der Waals surface area contributed by atoms with E-state index in [4.69, 9.17) is 9.47 Å². The molecule has 1 atom stereocenters. The number of hydrogen-bond acceptors (Lipinski definition) is 5. The van der Waals surface area contributed by atoms with Crippen molar-refractivity contribution in [3.63, 3.8) is 0 Å². The topological polar surface area (TPSA) is 54.0 Å². The van der Waals surface area contributed by atoms with Gasteiger partial charge in [-0.15, -0.1) is 0 Å². The molecule has 2 aromatic carbocycles. The van der Waals surface area contributed by atoms with Crippen LogP contribution in [0.4, 0.5) is 8.78 Å². The van der Waals surface area contributed by atoms with E-state index in [0.717, 1.165) is 24.7 Å². The maximum Gasteiger partial charge on any atom is 0.161 e. The number of likely N-dealkylation sites (N-methyl/N-ethyl adjacent to an activating group) is 1. The molecule has 5 nitrogen and oxygen atoms in total. The molecule has 29 heavy (non-hydrogen) atoms. The zero-order chi connectivity index (χ0) is 21.2. The number of nitrogens with one attached hydrogen (secondary N) is 1. The van der Waals surface area contributed by atoms with E-state index in [-0.39, 0.29) is 6.61 Å². The Balaban J connectivity index is 1.88. The Labute approximate surface area is 171 Å². The molecule has 2 rings (SSSR count). The summed E-state index contributed by atoms with van der Waals surface area (Å²) < 4.78 is 37.6. The van der Waals surface area contributed by atoms with Gasteiger partial charge in [-0.3, -0.25) is 0 Å². The van der Waals surface area contributed by atoms with E-state index < -0.39 is 17.7 Å². The Morgan fingerprint density at radius 3 is 2.24 bits per heavy atom. The summed E-state index contributed by atoms with van der Waals surface area (Å²) in [4.78, 5) is 2.13. The number of nitrogens with zero attached hydrogens (tertiary/aromatic N) is 1. The molecule has 7 heteroatoms. The molecule has 0 fully saturated rings. The number of rotatable bonds is 12. The highest BCUT2D eigenvalue weighted by atomic mass is 19.1. The van der Waals surface area contributed by atoms with Crippen LogP contribution in [-0.4, -0.2) is 49.5 Å². The standard InChI is InChI=1S/C22H30F2N2O3/c1-4-26(5-2)14-20(27)15-29-21-7-6-16(10-22(21)28-3)12-25-13-17-8-18(23)11-19(24)9-17/h6-11,20,25,27H,4-5,12-15H2,1-3H3. The summed E-state index contributed by atoms with van der Waals surface area (Å²) in [7, 11) is 1.56. The SMILES string of the molecule is CCN(CC)CC(O)COc1ccc(CNCc2cc(F)cc(F)c2)cc1OC. The van der Waals surface area contributed by atoms with E-state index in [0.29, 0.717) is 36.7 Å². The molecular weight excluding hydrogens is 378 g/mol. The molecule has 0 saturated carbocycles. The average molecular weight is 408 g/mol. The van der Waals surface area contributed by atoms with Crippen LogP contribution in [0.3, 0.4) is 0 Å². The van der Waals surface area contributed by atoms with Crippen molar-refractivity contribution in [1.29, 1.82) is 0 Å². The second kappa shape index (κ2) is 11.7. The van der Waals surface area contributed by atoms with E-state index in [1.54, 1.807) is 13.2 Å². The summed E-state index contributed by atoms with van der Waals surface area (Å²) >= 11 is 0. The fourth-order valence-electron chi connectivity index (χ4n) is 3.02. The quantitative estimate of drug-likeness (QED) is 0.564. The second-order valence-electron chi connectivity index (χ2n) is 6.82. The molecule has 0 heterocycles. The molecule has 0 aromatic heterocycles. The lowest BCUT2D eigenvalue weighted by Crippen LogP contribution is -2.35. The third kappa shape index (κ3) is 7.61. The number of benzene rings is 2. The van der Waals surface area contributed by atoms with Crippen molar-refractivity contribution in [2.24, 2.45) is 0 Å². The Hall–Kier alpha value is -2.22. The molecule has 0 saturated heterocycles. The van der Waals surface area contributed by atoms with Crippen LogP contribution in [0.5, 0.6) is 11.5 Å². The smallest absolute Gasteiger partial charge is 0.161 e. The normalized spacial score (nSPS) is 12.2. The van der Waals surface area contributed by atoms with Crippen molar-refractivity contribution in [1.82, 2.24) is 10.2 Å². The van der Waals surface area contributed by atoms with Gasteiger partial charge in [0.1, 0.15) is 24.3 Å². The molecule has 1 unspecified atom stereocenters. The first-order valence-electron chi connectivity index (χ1n) is 9.81. The lowest BCUT2D eigenvalue weighted by atomic mass is 10.1. The van der Waals surface area contributed by atoms with Crippen molar-refractivity contribution >= 4 is 0 Å². The van der Waals surface area contributed by atoms with E-state index >= 15 is 0 Å². The first kappa shape index (κ1) is 23.1. The highest BCUT2D eigenvalue weighted by Gasteiger charge is 2.12. The Kier molecular flexibility index (Phi) is 9.31. The van der Waals surface area contributed by atoms with Crippen molar-refractivity contribution in [3.05, 3.63) is 59.2 Å². The van der Waals surface area contributed by atoms with Gasteiger partial charge in [-0.1, -0.05) is 19.9 Å². The summed E-state index contributed by atoms with van der Waals surface area (Å²) in [5.41, 5.74) is 1.48. The minimum absolute atomic E-state index is 0.176. The van der Waals surface area contributed by atoms with Gasteiger partial charge in [-0.25, -0.2) is 8.78 Å². The predicted molar refractivity (Wildman–Crippen MR) is 109 cm³/mol. The van der Waals surface area contributed by atoms with Gasteiger partial charge < -0.3 is 24.8 Å². The highest BCUT2D eigenvalue weighted by Crippen LogP contribution is 2.28. The maximum absolute atomic E-state index is 13.2. The minimum atomic E-state index is -0.590. The van der Waals surface area contributed by atoms with Gasteiger partial charge in [0.25, 0.3) is 0 Å². The van der Waals surface area contributed by atoms with Crippen LogP contribution < -0.4 is 14.8 Å². The van der Waals surface area contributed by atoms with Gasteiger partial charge in [0, 0.05) is 25.7 Å². The summed E-state index contributed by atoms with van der Waals surface area (Å²) in [6.45, 7) is 7.43. The third-order valence-corrected chi connectivity index (χ3v) is 4.60. The van der Waals surface area contributed by atoms with Crippen LogP contribution in [0.15, 0.2) is 36.4 Å². The summed E-state index contributed by atoms with van der Waals surface area (Å²) in [5.74, 6) is -0.0560. The van der Waals surface area contributed by atoms with Crippen LogP contribution in [0, 0.1) is 11.6 Å². The predicted octanol–water partition coefficient (Wildman–Crippen LogP) is 3.34. The highest BCUT2D eigenvalue weighted by molar-refractivity contribution is 5.43. The zero-order valence-corrected chi connectivity index (χ0v) is 17.3. The molecule has 0 spiro atoms. The molecule has 0 aliphatic carbocycles. The molecule has 2 aromatic rings. The van der Waals surface area contributed by atoms with E-state index in [2.05, 4.69) is 24.1 Å². The van der Waals surface area contributed by atoms with E-state index in [1.165, 1.54) is 12.1 Å². The largest absolute Gasteiger partial charge is 0.493 e. The second-order valence-corrected chi connectivity index (χ2v) is 6.82. The fourth-order valence-corrected chi connectivity index (χ4v) is 3.02. The first-order valence-corrected chi connectivity index (χ1v) is 9.81. The number of aliphatic hydroxyl groups is 1. The summed E-state index contributed by atoms with van der Waals surface area (Å²) in [6, 6.07) is 8.97. The van der Waals surface area contributed by atoms with Crippen LogP contribution in [0.2, 0.25) is 0 Å². The van der Waals surface area contributed by atoms with Gasteiger partial charge in [0.15, 0.2) is 11.5 Å². The lowest BCUT2D eigenvalue weighted by Gasteiger charge is -2.22. The van der Waals surface area contributed by atoms with Gasteiger partial charge in [-0.2, -0.15) is 0 Å². The molecule has 160 valence electrons. The van der Waals surface area contributed by atoms with Crippen LogP contribution >= 0.6 is 0 Å². The van der Waals surface area contributed by atoms with Crippen molar-refractivity contribution in [3.8, 4) is 11.5 Å². The Morgan fingerprint density at radius 2 is 1.62 bits per heavy atom. The minimum Gasteiger partial charge on any atom is -0.493 e. The molecule has 2 N–H and O–H groups in total. The van der Waals surface area contributed by atoms with Gasteiger partial charge >= 0.3 is 0 Å². The van der Waals surface area contributed by atoms with E-state index in [1.807, 2.05) is 12.1 Å². The van der Waals surface area contributed by atoms with Gasteiger partial charge in [0.05, 0.1) is 7.11 Å². The number of hydrogen-bond donors (Lipinski definition) is 2. The number of aliphatic hydroxyl groups excluding tert-OH is 1. The number of methoxy groups -OCH3 is 1. The molecule has 0 bridgehead atoms. The van der Waals surface area contributed by atoms with Gasteiger partial charge in [0.2, 0.25) is 0 Å². The maximum atomic E-state index is 13.2. The average Bonchev–Trinajstić information content (AvgIpc) is 2.70. The molecular formula is C22H30F2N2O3. The van der Waals surface area contributed by atoms with Crippen LogP contribution in [0.25, 0.3) is 0 Å². The molecule has 0 aliphatic heterocycles. The monoisotopic (exact) mass is 408 g/mol. The molecule has 0 radical (unpaired) electrons. The van der Waals surface area contributed by atoms with E-state index in [9.17, 15) is 13.9 Å².